The molecule has 1 aromatic carbocycles. The molecule has 4 nitrogen and oxygen atoms in total. The molecule has 2 N–H and O–H groups in total. The Labute approximate surface area is 112 Å². The predicted octanol–water partition coefficient (Wildman–Crippen LogP) is 2.03. The molecule has 0 amide bonds. The minimum Gasteiger partial charge on any atom is -0.504 e. The maximum absolute atomic E-state index is 11.9. The van der Waals surface area contributed by atoms with Crippen LogP contribution in [0.5, 0.6) is 11.5 Å². The SMILES string of the molecule is CN1CCc2cc(O)c(O)c3c2C1CCC3=O.Cl. The molecule has 0 bridgehead atoms. The lowest BCUT2D eigenvalue weighted by Gasteiger charge is -2.38. The molecular weight excluding hydrogens is 254 g/mol. The number of aromatic hydroxyl groups is 2. The number of halogens is 1. The Kier molecular flexibility index (Phi) is 3.25. The molecule has 1 aromatic rings. The largest absolute Gasteiger partial charge is 0.504 e. The summed E-state index contributed by atoms with van der Waals surface area (Å²) in [6.07, 6.45) is 2.06. The summed E-state index contributed by atoms with van der Waals surface area (Å²) < 4.78 is 0. The standard InChI is InChI=1S/C13H15NO3.ClH/c1-14-5-4-7-6-10(16)13(17)12-9(15)3-2-8(14)11(7)12;/h6,8,16-17H,2-5H2,1H3;1H. The molecule has 0 saturated carbocycles. The van der Waals surface area contributed by atoms with E-state index in [1.54, 1.807) is 6.07 Å². The molecule has 0 aromatic heterocycles. The van der Waals surface area contributed by atoms with Gasteiger partial charge in [0.05, 0.1) is 5.56 Å². The Morgan fingerprint density at radius 3 is 2.78 bits per heavy atom. The molecule has 3 rings (SSSR count). The van der Waals surface area contributed by atoms with Gasteiger partial charge in [-0.25, -0.2) is 0 Å². The topological polar surface area (TPSA) is 60.8 Å². The highest BCUT2D eigenvalue weighted by Gasteiger charge is 2.36. The van der Waals surface area contributed by atoms with Crippen molar-refractivity contribution in [2.24, 2.45) is 0 Å². The Morgan fingerprint density at radius 1 is 1.33 bits per heavy atom. The van der Waals surface area contributed by atoms with Gasteiger partial charge < -0.3 is 10.2 Å². The molecule has 0 saturated heterocycles. The number of rotatable bonds is 0. The molecule has 0 fully saturated rings. The zero-order valence-corrected chi connectivity index (χ0v) is 11.0. The van der Waals surface area contributed by atoms with Gasteiger partial charge in [-0.1, -0.05) is 0 Å². The van der Waals surface area contributed by atoms with Crippen molar-refractivity contribution >= 4 is 18.2 Å². The number of hydrogen-bond acceptors (Lipinski definition) is 4. The van der Waals surface area contributed by atoms with E-state index in [0.717, 1.165) is 30.5 Å². The summed E-state index contributed by atoms with van der Waals surface area (Å²) in [5.41, 5.74) is 2.29. The molecule has 2 aliphatic rings. The first-order chi connectivity index (χ1) is 8.09. The number of carbonyl (C=O) groups is 1. The first kappa shape index (κ1) is 13.2. The van der Waals surface area contributed by atoms with Gasteiger partial charge in [-0.3, -0.25) is 9.69 Å². The van der Waals surface area contributed by atoms with E-state index in [1.165, 1.54) is 0 Å². The monoisotopic (exact) mass is 269 g/mol. The normalized spacial score (nSPS) is 22.3. The molecule has 5 heteroatoms. The van der Waals surface area contributed by atoms with Crippen molar-refractivity contribution in [2.45, 2.75) is 25.3 Å². The van der Waals surface area contributed by atoms with Gasteiger partial charge in [-0.15, -0.1) is 12.4 Å². The van der Waals surface area contributed by atoms with Gasteiger partial charge in [0.1, 0.15) is 0 Å². The third kappa shape index (κ3) is 1.68. The second-order valence-electron chi connectivity index (χ2n) is 4.90. The highest BCUT2D eigenvalue weighted by Crippen LogP contribution is 2.45. The fourth-order valence-corrected chi connectivity index (χ4v) is 3.03. The van der Waals surface area contributed by atoms with Crippen LogP contribution in [-0.2, 0) is 6.42 Å². The van der Waals surface area contributed by atoms with Crippen molar-refractivity contribution in [3.63, 3.8) is 0 Å². The minimum atomic E-state index is -0.242. The van der Waals surface area contributed by atoms with E-state index in [1.807, 2.05) is 7.05 Å². The van der Waals surface area contributed by atoms with E-state index >= 15 is 0 Å². The van der Waals surface area contributed by atoms with Crippen LogP contribution < -0.4 is 0 Å². The fourth-order valence-electron chi connectivity index (χ4n) is 3.03. The van der Waals surface area contributed by atoms with Gasteiger partial charge in [0.15, 0.2) is 17.3 Å². The van der Waals surface area contributed by atoms with Gasteiger partial charge in [0.2, 0.25) is 0 Å². The number of phenolic OH excluding ortho intramolecular Hbond substituents is 2. The summed E-state index contributed by atoms with van der Waals surface area (Å²) in [5, 5.41) is 19.5. The highest BCUT2D eigenvalue weighted by atomic mass is 35.5. The Morgan fingerprint density at radius 2 is 2.06 bits per heavy atom. The van der Waals surface area contributed by atoms with Crippen molar-refractivity contribution in [2.75, 3.05) is 13.6 Å². The van der Waals surface area contributed by atoms with Gasteiger partial charge in [0.25, 0.3) is 0 Å². The molecule has 1 atom stereocenters. The van der Waals surface area contributed by atoms with Crippen molar-refractivity contribution in [1.29, 1.82) is 0 Å². The van der Waals surface area contributed by atoms with Gasteiger partial charge in [-0.2, -0.15) is 0 Å². The molecule has 1 unspecified atom stereocenters. The number of benzene rings is 1. The molecule has 1 aliphatic heterocycles. The van der Waals surface area contributed by atoms with Gasteiger partial charge in [0, 0.05) is 19.0 Å². The average Bonchev–Trinajstić information content (AvgIpc) is 2.30. The quantitative estimate of drug-likeness (QED) is 0.708. The zero-order chi connectivity index (χ0) is 12.2. The molecule has 0 spiro atoms. The van der Waals surface area contributed by atoms with Crippen LogP contribution in [0, 0.1) is 0 Å². The Bertz CT molecular complexity index is 515. The summed E-state index contributed by atoms with van der Waals surface area (Å²) in [4.78, 5) is 14.1. The van der Waals surface area contributed by atoms with Crippen molar-refractivity contribution in [1.82, 2.24) is 4.90 Å². The average molecular weight is 270 g/mol. The Hall–Kier alpha value is -1.26. The number of Topliss-reactive ketones (excluding diaryl/α,β-unsaturated/α-hetero) is 1. The van der Waals surface area contributed by atoms with Crippen molar-refractivity contribution in [3.8, 4) is 11.5 Å². The summed E-state index contributed by atoms with van der Waals surface area (Å²) >= 11 is 0. The third-order valence-electron chi connectivity index (χ3n) is 3.93. The van der Waals surface area contributed by atoms with Crippen LogP contribution >= 0.6 is 12.4 Å². The maximum Gasteiger partial charge on any atom is 0.168 e. The summed E-state index contributed by atoms with van der Waals surface area (Å²) in [6.45, 7) is 0.926. The van der Waals surface area contributed by atoms with E-state index in [-0.39, 0.29) is 35.7 Å². The van der Waals surface area contributed by atoms with Gasteiger partial charge in [-0.05, 0) is 37.1 Å². The number of nitrogens with zero attached hydrogens (tertiary/aromatic N) is 1. The second kappa shape index (κ2) is 4.44. The highest BCUT2D eigenvalue weighted by molar-refractivity contribution is 6.02. The zero-order valence-electron chi connectivity index (χ0n) is 10.1. The minimum absolute atomic E-state index is 0. The van der Waals surface area contributed by atoms with Crippen molar-refractivity contribution in [3.05, 3.63) is 22.8 Å². The van der Waals surface area contributed by atoms with Crippen molar-refractivity contribution < 1.29 is 15.0 Å². The number of likely N-dealkylation sites (N-methyl/N-ethyl adjacent to an activating group) is 1. The summed E-state index contributed by atoms with van der Waals surface area (Å²) in [7, 11) is 2.04. The molecule has 0 radical (unpaired) electrons. The van der Waals surface area contributed by atoms with Crippen LogP contribution in [0.1, 0.15) is 40.4 Å². The summed E-state index contributed by atoms with van der Waals surface area (Å²) in [5.74, 6) is -0.466. The third-order valence-corrected chi connectivity index (χ3v) is 3.93. The van der Waals surface area contributed by atoms with E-state index in [0.29, 0.717) is 12.0 Å². The second-order valence-corrected chi connectivity index (χ2v) is 4.90. The number of hydrogen-bond donors (Lipinski definition) is 2. The molecular formula is C13H16ClNO3. The predicted molar refractivity (Wildman–Crippen MR) is 69.7 cm³/mol. The molecule has 1 aliphatic carbocycles. The van der Waals surface area contributed by atoms with E-state index in [2.05, 4.69) is 4.90 Å². The molecule has 18 heavy (non-hydrogen) atoms. The van der Waals surface area contributed by atoms with Crippen LogP contribution in [0.4, 0.5) is 0 Å². The van der Waals surface area contributed by atoms with E-state index < -0.39 is 0 Å². The number of ketones is 1. The lowest BCUT2D eigenvalue weighted by molar-refractivity contribution is 0.0930. The van der Waals surface area contributed by atoms with E-state index in [4.69, 9.17) is 0 Å². The maximum atomic E-state index is 11.9. The van der Waals surface area contributed by atoms with Crippen LogP contribution in [0.25, 0.3) is 0 Å². The van der Waals surface area contributed by atoms with Gasteiger partial charge >= 0.3 is 0 Å². The first-order valence-electron chi connectivity index (χ1n) is 5.90. The lowest BCUT2D eigenvalue weighted by atomic mass is 9.79. The summed E-state index contributed by atoms with van der Waals surface area (Å²) in [6, 6.07) is 1.81. The van der Waals surface area contributed by atoms with Crippen LogP contribution in [0.15, 0.2) is 6.07 Å². The van der Waals surface area contributed by atoms with E-state index in [9.17, 15) is 15.0 Å². The fraction of sp³-hybridized carbons (Fsp3) is 0.462. The van der Waals surface area contributed by atoms with Crippen LogP contribution in [0.3, 0.4) is 0 Å². The first-order valence-corrected chi connectivity index (χ1v) is 5.90. The molecule has 98 valence electrons. The van der Waals surface area contributed by atoms with Crippen LogP contribution in [0.2, 0.25) is 0 Å². The number of carbonyl (C=O) groups excluding carboxylic acids is 1. The number of phenols is 2. The smallest absolute Gasteiger partial charge is 0.168 e. The molecule has 1 heterocycles. The van der Waals surface area contributed by atoms with Crippen LogP contribution in [-0.4, -0.2) is 34.5 Å². The lowest BCUT2D eigenvalue weighted by Crippen LogP contribution is -2.36. The Balaban J connectivity index is 0.00000120.